The Bertz CT molecular complexity index is 466. The first-order valence-corrected chi connectivity index (χ1v) is 5.99. The molecule has 15 heavy (non-hydrogen) atoms. The molecule has 0 aliphatic rings. The smallest absolute Gasteiger partial charge is 0.280 e. The van der Waals surface area contributed by atoms with Crippen LogP contribution in [0.1, 0.15) is 10.8 Å². The maximum atomic E-state index is 10.9. The number of rotatable bonds is 3. The van der Waals surface area contributed by atoms with Gasteiger partial charge in [-0.05, 0) is 29.3 Å². The van der Waals surface area contributed by atoms with E-state index in [4.69, 9.17) is 27.8 Å². The van der Waals surface area contributed by atoms with Crippen molar-refractivity contribution in [3.63, 3.8) is 0 Å². The third kappa shape index (κ3) is 3.17. The van der Waals surface area contributed by atoms with Gasteiger partial charge in [0.15, 0.2) is 5.25 Å². The fraction of sp³-hybridized carbons (Fsp3) is 0.125. The van der Waals surface area contributed by atoms with E-state index in [-0.39, 0.29) is 5.56 Å². The Kier molecular flexibility index (Phi) is 3.72. The summed E-state index contributed by atoms with van der Waals surface area (Å²) in [7, 11) is -4.55. The standard InChI is InChI=1S/C8H6Cl2O4S/c9-6-3-1-5(2-4-6)7(8(10)11)15(12,13)14/h1-4,7H,(H,12,13,14). The molecule has 0 fully saturated rings. The molecular formula is C8H6Cl2O4S. The van der Waals surface area contributed by atoms with Crippen LogP contribution in [0.3, 0.4) is 0 Å². The molecule has 4 nitrogen and oxygen atoms in total. The summed E-state index contributed by atoms with van der Waals surface area (Å²) in [5, 5.41) is -2.55. The minimum atomic E-state index is -4.55. The average Bonchev–Trinajstić information content (AvgIpc) is 2.05. The Hall–Kier alpha value is -0.620. The van der Waals surface area contributed by atoms with Gasteiger partial charge in [-0.1, -0.05) is 23.7 Å². The van der Waals surface area contributed by atoms with Crippen molar-refractivity contribution in [1.29, 1.82) is 0 Å². The monoisotopic (exact) mass is 268 g/mol. The second-order valence-corrected chi connectivity index (χ2v) is 5.06. The molecule has 1 N–H and O–H groups in total. The van der Waals surface area contributed by atoms with Gasteiger partial charge in [0.2, 0.25) is 5.24 Å². The molecule has 1 unspecified atom stereocenters. The molecule has 0 radical (unpaired) electrons. The first-order chi connectivity index (χ1) is 6.82. The molecule has 0 saturated heterocycles. The van der Waals surface area contributed by atoms with Gasteiger partial charge in [-0.25, -0.2) is 0 Å². The van der Waals surface area contributed by atoms with Gasteiger partial charge in [0.05, 0.1) is 0 Å². The second kappa shape index (κ2) is 4.49. The van der Waals surface area contributed by atoms with Crippen molar-refractivity contribution in [2.75, 3.05) is 0 Å². The minimum absolute atomic E-state index is 0.0712. The highest BCUT2D eigenvalue weighted by molar-refractivity contribution is 7.87. The van der Waals surface area contributed by atoms with Gasteiger partial charge >= 0.3 is 0 Å². The Morgan fingerprint density at radius 2 is 1.73 bits per heavy atom. The summed E-state index contributed by atoms with van der Waals surface area (Å²) in [5.74, 6) is 0. The summed E-state index contributed by atoms with van der Waals surface area (Å²) in [5.41, 5.74) is 0.0712. The molecule has 1 atom stereocenters. The zero-order chi connectivity index (χ0) is 11.6. The highest BCUT2D eigenvalue weighted by Crippen LogP contribution is 2.25. The Morgan fingerprint density at radius 3 is 2.07 bits per heavy atom. The van der Waals surface area contributed by atoms with Gasteiger partial charge in [0, 0.05) is 5.02 Å². The van der Waals surface area contributed by atoms with Crippen LogP contribution in [0.2, 0.25) is 5.02 Å². The molecule has 7 heteroatoms. The van der Waals surface area contributed by atoms with Crippen LogP contribution in [0.5, 0.6) is 0 Å². The average molecular weight is 269 g/mol. The minimum Gasteiger partial charge on any atom is -0.285 e. The lowest BCUT2D eigenvalue weighted by atomic mass is 10.2. The van der Waals surface area contributed by atoms with Crippen LogP contribution < -0.4 is 0 Å². The van der Waals surface area contributed by atoms with Crippen molar-refractivity contribution < 1.29 is 17.8 Å². The molecule has 82 valence electrons. The highest BCUT2D eigenvalue weighted by Gasteiger charge is 2.31. The third-order valence-electron chi connectivity index (χ3n) is 1.68. The summed E-state index contributed by atoms with van der Waals surface area (Å²) in [4.78, 5) is 10.9. The topological polar surface area (TPSA) is 71.4 Å². The molecule has 0 bridgehead atoms. The van der Waals surface area contributed by atoms with Gasteiger partial charge in [-0.15, -0.1) is 0 Å². The maximum Gasteiger partial charge on any atom is 0.280 e. The zero-order valence-corrected chi connectivity index (χ0v) is 9.55. The first kappa shape index (κ1) is 12.4. The number of carbonyl (C=O) groups excluding carboxylic acids is 1. The fourth-order valence-electron chi connectivity index (χ4n) is 1.06. The van der Waals surface area contributed by atoms with Crippen LogP contribution in [-0.4, -0.2) is 18.2 Å². The molecule has 1 rings (SSSR count). The summed E-state index contributed by atoms with van der Waals surface area (Å²) in [6, 6.07) is 5.41. The van der Waals surface area contributed by atoms with E-state index in [0.29, 0.717) is 5.02 Å². The van der Waals surface area contributed by atoms with E-state index < -0.39 is 20.6 Å². The van der Waals surface area contributed by atoms with Crippen LogP contribution in [0.4, 0.5) is 0 Å². The molecule has 0 saturated carbocycles. The van der Waals surface area contributed by atoms with Crippen LogP contribution >= 0.6 is 23.2 Å². The molecule has 0 aliphatic heterocycles. The van der Waals surface area contributed by atoms with E-state index in [9.17, 15) is 13.2 Å². The molecule has 0 spiro atoms. The van der Waals surface area contributed by atoms with E-state index in [1.54, 1.807) is 0 Å². The van der Waals surface area contributed by atoms with Gasteiger partial charge < -0.3 is 0 Å². The van der Waals surface area contributed by atoms with Crippen molar-refractivity contribution in [2.24, 2.45) is 0 Å². The van der Waals surface area contributed by atoms with Crippen LogP contribution in [0, 0.1) is 0 Å². The van der Waals surface area contributed by atoms with Crippen molar-refractivity contribution >= 4 is 38.6 Å². The molecule has 1 aromatic rings. The molecular weight excluding hydrogens is 263 g/mol. The lowest BCUT2D eigenvalue weighted by Gasteiger charge is -2.09. The van der Waals surface area contributed by atoms with Gasteiger partial charge in [-0.2, -0.15) is 8.42 Å². The zero-order valence-electron chi connectivity index (χ0n) is 7.22. The van der Waals surface area contributed by atoms with Gasteiger partial charge in [-0.3, -0.25) is 9.35 Å². The largest absolute Gasteiger partial charge is 0.285 e. The van der Waals surface area contributed by atoms with Gasteiger partial charge in [0.25, 0.3) is 10.1 Å². The number of hydrogen-bond acceptors (Lipinski definition) is 3. The molecule has 0 aliphatic carbocycles. The van der Waals surface area contributed by atoms with Crippen LogP contribution in [0.25, 0.3) is 0 Å². The predicted molar refractivity (Wildman–Crippen MR) is 56.6 cm³/mol. The van der Waals surface area contributed by atoms with Crippen molar-refractivity contribution in [3.05, 3.63) is 34.9 Å². The van der Waals surface area contributed by atoms with Crippen molar-refractivity contribution in [3.8, 4) is 0 Å². The normalized spacial score (nSPS) is 13.5. The highest BCUT2D eigenvalue weighted by atomic mass is 35.5. The van der Waals surface area contributed by atoms with Crippen molar-refractivity contribution in [1.82, 2.24) is 0 Å². The van der Waals surface area contributed by atoms with E-state index in [0.717, 1.165) is 0 Å². The van der Waals surface area contributed by atoms with E-state index in [1.807, 2.05) is 0 Å². The van der Waals surface area contributed by atoms with Crippen LogP contribution in [-0.2, 0) is 14.9 Å². The quantitative estimate of drug-likeness (QED) is 0.673. The molecule has 1 aromatic carbocycles. The summed E-state index contributed by atoms with van der Waals surface area (Å²) in [6.07, 6.45) is 0. The Labute approximate surface area is 96.6 Å². The lowest BCUT2D eigenvalue weighted by molar-refractivity contribution is -0.111. The second-order valence-electron chi connectivity index (χ2n) is 2.75. The predicted octanol–water partition coefficient (Wildman–Crippen LogP) is 2.03. The number of hydrogen-bond donors (Lipinski definition) is 1. The Balaban J connectivity index is 3.23. The fourth-order valence-corrected chi connectivity index (χ4v) is 2.38. The van der Waals surface area contributed by atoms with Crippen molar-refractivity contribution in [2.45, 2.75) is 5.25 Å². The van der Waals surface area contributed by atoms with E-state index >= 15 is 0 Å². The Morgan fingerprint density at radius 1 is 1.27 bits per heavy atom. The van der Waals surface area contributed by atoms with Gasteiger partial charge in [0.1, 0.15) is 0 Å². The molecule has 0 amide bonds. The molecule has 0 heterocycles. The molecule has 0 aromatic heterocycles. The SMILES string of the molecule is O=C(Cl)C(c1ccc(Cl)cc1)S(=O)(=O)O. The summed E-state index contributed by atoms with van der Waals surface area (Å²) >= 11 is 10.7. The van der Waals surface area contributed by atoms with E-state index in [1.165, 1.54) is 24.3 Å². The maximum absolute atomic E-state index is 10.9. The third-order valence-corrected chi connectivity index (χ3v) is 3.36. The lowest BCUT2D eigenvalue weighted by Crippen LogP contribution is -2.17. The summed E-state index contributed by atoms with van der Waals surface area (Å²) < 4.78 is 30.6. The van der Waals surface area contributed by atoms with Crippen LogP contribution in [0.15, 0.2) is 24.3 Å². The summed E-state index contributed by atoms with van der Waals surface area (Å²) in [6.45, 7) is 0. The number of benzene rings is 1. The number of carbonyl (C=O) groups is 1. The first-order valence-electron chi connectivity index (χ1n) is 3.73. The van der Waals surface area contributed by atoms with E-state index in [2.05, 4.69) is 0 Å². The number of halogens is 2.